The van der Waals surface area contributed by atoms with Gasteiger partial charge in [0.05, 0.1) is 5.92 Å². The van der Waals surface area contributed by atoms with Gasteiger partial charge in [-0.25, -0.2) is 4.63 Å². The molecular formula is C14H18N4O2. The Balaban J connectivity index is 2.23. The predicted octanol–water partition coefficient (Wildman–Crippen LogP) is 2.32. The first-order chi connectivity index (χ1) is 9.40. The van der Waals surface area contributed by atoms with Crippen molar-refractivity contribution in [3.05, 3.63) is 34.5 Å². The number of anilines is 2. The molecule has 20 heavy (non-hydrogen) atoms. The van der Waals surface area contributed by atoms with Crippen molar-refractivity contribution >= 4 is 17.4 Å². The quantitative estimate of drug-likeness (QED) is 0.895. The molecule has 2 rings (SSSR count). The lowest BCUT2D eigenvalue weighted by molar-refractivity contribution is -0.117. The Morgan fingerprint density at radius 1 is 1.25 bits per heavy atom. The van der Waals surface area contributed by atoms with Crippen molar-refractivity contribution in [1.82, 2.24) is 10.3 Å². The normalized spacial score (nSPS) is 12.2. The summed E-state index contributed by atoms with van der Waals surface area (Å²) in [5, 5.41) is 10.1. The van der Waals surface area contributed by atoms with Crippen LogP contribution in [0.2, 0.25) is 0 Å². The van der Waals surface area contributed by atoms with Gasteiger partial charge in [0, 0.05) is 5.69 Å². The lowest BCUT2D eigenvalue weighted by Gasteiger charge is -2.15. The van der Waals surface area contributed by atoms with Crippen LogP contribution in [-0.2, 0) is 4.79 Å². The zero-order valence-corrected chi connectivity index (χ0v) is 12.0. The standard InChI is InChI=1S/C14H18N4O2/c1-7-5-8(2)11(9(3)6-7)16-14(19)10(4)12-13(15)18-20-17-12/h5-6,10H,1-4H3,(H2,15,18)(H,16,19). The molecule has 0 saturated heterocycles. The number of nitrogen functional groups attached to an aromatic ring is 1. The van der Waals surface area contributed by atoms with Crippen molar-refractivity contribution in [3.8, 4) is 0 Å². The van der Waals surface area contributed by atoms with Gasteiger partial charge >= 0.3 is 0 Å². The van der Waals surface area contributed by atoms with Gasteiger partial charge in [0.2, 0.25) is 5.91 Å². The summed E-state index contributed by atoms with van der Waals surface area (Å²) in [5.41, 5.74) is 9.99. The zero-order valence-electron chi connectivity index (χ0n) is 12.0. The van der Waals surface area contributed by atoms with Gasteiger partial charge in [-0.1, -0.05) is 22.9 Å². The van der Waals surface area contributed by atoms with Crippen LogP contribution in [0.1, 0.15) is 35.2 Å². The maximum Gasteiger partial charge on any atom is 0.233 e. The van der Waals surface area contributed by atoms with Crippen molar-refractivity contribution in [2.75, 3.05) is 11.1 Å². The molecule has 106 valence electrons. The monoisotopic (exact) mass is 274 g/mol. The maximum atomic E-state index is 12.3. The Kier molecular flexibility index (Phi) is 3.74. The molecule has 0 fully saturated rings. The fourth-order valence-corrected chi connectivity index (χ4v) is 2.24. The first-order valence-electron chi connectivity index (χ1n) is 6.36. The molecule has 0 aliphatic heterocycles. The van der Waals surface area contributed by atoms with E-state index in [4.69, 9.17) is 5.73 Å². The molecule has 1 heterocycles. The second-order valence-electron chi connectivity index (χ2n) is 5.02. The van der Waals surface area contributed by atoms with E-state index in [0.717, 1.165) is 22.4 Å². The molecule has 3 N–H and O–H groups in total. The smallest absolute Gasteiger partial charge is 0.233 e. The van der Waals surface area contributed by atoms with Crippen LogP contribution in [-0.4, -0.2) is 16.2 Å². The van der Waals surface area contributed by atoms with E-state index >= 15 is 0 Å². The summed E-state index contributed by atoms with van der Waals surface area (Å²) < 4.78 is 4.52. The topological polar surface area (TPSA) is 94.0 Å². The number of nitrogens with one attached hydrogen (secondary N) is 1. The molecule has 0 bridgehead atoms. The number of aromatic nitrogens is 2. The lowest BCUT2D eigenvalue weighted by Crippen LogP contribution is -2.21. The van der Waals surface area contributed by atoms with E-state index in [1.807, 2.05) is 32.9 Å². The highest BCUT2D eigenvalue weighted by molar-refractivity contribution is 5.97. The fraction of sp³-hybridized carbons (Fsp3) is 0.357. The van der Waals surface area contributed by atoms with E-state index in [2.05, 4.69) is 20.3 Å². The minimum Gasteiger partial charge on any atom is -0.379 e. The second kappa shape index (κ2) is 5.32. The maximum absolute atomic E-state index is 12.3. The molecule has 1 atom stereocenters. The minimum atomic E-state index is -0.527. The highest BCUT2D eigenvalue weighted by atomic mass is 16.6. The number of hydrogen-bond donors (Lipinski definition) is 2. The number of benzene rings is 1. The van der Waals surface area contributed by atoms with Gasteiger partial charge in [-0.05, 0) is 44.0 Å². The van der Waals surface area contributed by atoms with Crippen molar-refractivity contribution in [1.29, 1.82) is 0 Å². The van der Waals surface area contributed by atoms with E-state index in [9.17, 15) is 4.79 Å². The third-order valence-corrected chi connectivity index (χ3v) is 3.27. The molecule has 0 radical (unpaired) electrons. The molecule has 1 aromatic heterocycles. The molecule has 0 saturated carbocycles. The minimum absolute atomic E-state index is 0.144. The molecule has 1 unspecified atom stereocenters. The van der Waals surface area contributed by atoms with Gasteiger partial charge in [0.15, 0.2) is 5.82 Å². The number of aryl methyl sites for hydroxylation is 3. The molecule has 6 nitrogen and oxygen atoms in total. The Morgan fingerprint density at radius 3 is 2.35 bits per heavy atom. The second-order valence-corrected chi connectivity index (χ2v) is 5.02. The first-order valence-corrected chi connectivity index (χ1v) is 6.36. The summed E-state index contributed by atoms with van der Waals surface area (Å²) in [6.45, 7) is 7.67. The summed E-state index contributed by atoms with van der Waals surface area (Å²) in [6.07, 6.45) is 0. The largest absolute Gasteiger partial charge is 0.379 e. The molecule has 0 aliphatic carbocycles. The highest BCUT2D eigenvalue weighted by Crippen LogP contribution is 2.25. The number of carbonyl (C=O) groups is 1. The van der Waals surface area contributed by atoms with E-state index < -0.39 is 5.92 Å². The SMILES string of the molecule is Cc1cc(C)c(NC(=O)C(C)c2nonc2N)c(C)c1. The van der Waals surface area contributed by atoms with Gasteiger partial charge in [0.25, 0.3) is 0 Å². The van der Waals surface area contributed by atoms with Crippen LogP contribution in [0.25, 0.3) is 0 Å². The molecule has 0 aliphatic rings. The molecule has 1 aromatic carbocycles. The molecular weight excluding hydrogens is 256 g/mol. The molecule has 1 amide bonds. The predicted molar refractivity (Wildman–Crippen MR) is 76.4 cm³/mol. The van der Waals surface area contributed by atoms with E-state index in [1.54, 1.807) is 6.92 Å². The Hall–Kier alpha value is -2.37. The van der Waals surface area contributed by atoms with Gasteiger partial charge < -0.3 is 11.1 Å². The first kappa shape index (κ1) is 14.0. The van der Waals surface area contributed by atoms with Crippen molar-refractivity contribution < 1.29 is 9.42 Å². The average Bonchev–Trinajstić information content (AvgIpc) is 2.78. The van der Waals surface area contributed by atoms with Crippen LogP contribution in [0, 0.1) is 20.8 Å². The van der Waals surface area contributed by atoms with Crippen LogP contribution in [0.4, 0.5) is 11.5 Å². The highest BCUT2D eigenvalue weighted by Gasteiger charge is 2.23. The van der Waals surface area contributed by atoms with Crippen LogP contribution in [0.15, 0.2) is 16.8 Å². The van der Waals surface area contributed by atoms with Crippen molar-refractivity contribution in [2.24, 2.45) is 0 Å². The number of amides is 1. The summed E-state index contributed by atoms with van der Waals surface area (Å²) in [5.74, 6) is -0.575. The molecule has 6 heteroatoms. The van der Waals surface area contributed by atoms with Gasteiger partial charge in [0.1, 0.15) is 5.69 Å². The van der Waals surface area contributed by atoms with Crippen molar-refractivity contribution in [3.63, 3.8) is 0 Å². The summed E-state index contributed by atoms with van der Waals surface area (Å²) in [4.78, 5) is 12.3. The van der Waals surface area contributed by atoms with Crippen LogP contribution >= 0.6 is 0 Å². The van der Waals surface area contributed by atoms with Crippen molar-refractivity contribution in [2.45, 2.75) is 33.6 Å². The van der Waals surface area contributed by atoms with E-state index in [1.165, 1.54) is 0 Å². The fourth-order valence-electron chi connectivity index (χ4n) is 2.24. The van der Waals surface area contributed by atoms with Crippen LogP contribution in [0.5, 0.6) is 0 Å². The summed E-state index contributed by atoms with van der Waals surface area (Å²) >= 11 is 0. The van der Waals surface area contributed by atoms with E-state index in [-0.39, 0.29) is 11.7 Å². The van der Waals surface area contributed by atoms with Gasteiger partial charge in [-0.2, -0.15) is 0 Å². The third-order valence-electron chi connectivity index (χ3n) is 3.27. The number of hydrogen-bond acceptors (Lipinski definition) is 5. The van der Waals surface area contributed by atoms with E-state index in [0.29, 0.717) is 5.69 Å². The number of rotatable bonds is 3. The molecule has 0 spiro atoms. The van der Waals surface area contributed by atoms with Crippen LogP contribution < -0.4 is 11.1 Å². The zero-order chi connectivity index (χ0) is 14.9. The van der Waals surface area contributed by atoms with Gasteiger partial charge in [-0.3, -0.25) is 4.79 Å². The average molecular weight is 274 g/mol. The Bertz CT molecular complexity index is 625. The number of nitrogens with zero attached hydrogens (tertiary/aromatic N) is 2. The number of nitrogens with two attached hydrogens (primary N) is 1. The number of carbonyl (C=O) groups excluding carboxylic acids is 1. The van der Waals surface area contributed by atoms with Gasteiger partial charge in [-0.15, -0.1) is 0 Å². The Morgan fingerprint density at radius 2 is 1.85 bits per heavy atom. The van der Waals surface area contributed by atoms with Crippen LogP contribution in [0.3, 0.4) is 0 Å². The molecule has 2 aromatic rings. The summed E-state index contributed by atoms with van der Waals surface area (Å²) in [6, 6.07) is 4.05. The summed E-state index contributed by atoms with van der Waals surface area (Å²) in [7, 11) is 0. The third kappa shape index (κ3) is 2.64. The lowest BCUT2D eigenvalue weighted by atomic mass is 10.0. The Labute approximate surface area is 117 Å².